The minimum Gasteiger partial charge on any atom is -0.343 e. The second kappa shape index (κ2) is 5.27. The molecule has 23 heavy (non-hydrogen) atoms. The lowest BCUT2D eigenvalue weighted by molar-refractivity contribution is -0.142. The van der Waals surface area contributed by atoms with Gasteiger partial charge in [-0.15, -0.1) is 5.10 Å². The molecule has 1 atom stereocenters. The summed E-state index contributed by atoms with van der Waals surface area (Å²) >= 11 is 0. The lowest BCUT2D eigenvalue weighted by atomic mass is 10.1. The molecule has 2 fully saturated rings. The number of aromatic nitrogens is 4. The second-order valence-electron chi connectivity index (χ2n) is 5.96. The summed E-state index contributed by atoms with van der Waals surface area (Å²) in [6.07, 6.45) is 1.62. The van der Waals surface area contributed by atoms with Crippen LogP contribution in [-0.2, 0) is 4.79 Å². The predicted molar refractivity (Wildman–Crippen MR) is 79.7 cm³/mol. The second-order valence-corrected chi connectivity index (χ2v) is 5.96. The van der Waals surface area contributed by atoms with Crippen molar-refractivity contribution >= 4 is 17.5 Å². The highest BCUT2D eigenvalue weighted by molar-refractivity contribution is 5.95. The molecule has 4 heterocycles. The van der Waals surface area contributed by atoms with Crippen LogP contribution in [0.5, 0.6) is 0 Å². The summed E-state index contributed by atoms with van der Waals surface area (Å²) < 4.78 is 1.48. The van der Waals surface area contributed by atoms with Crippen LogP contribution in [0.1, 0.15) is 10.4 Å². The third-order valence-electron chi connectivity index (χ3n) is 4.60. The average Bonchev–Trinajstić information content (AvgIpc) is 3.05. The van der Waals surface area contributed by atoms with Gasteiger partial charge < -0.3 is 9.80 Å². The Morgan fingerprint density at radius 1 is 1.22 bits per heavy atom. The number of fused-ring (bicyclic) bond motifs is 2. The van der Waals surface area contributed by atoms with E-state index in [9.17, 15) is 9.59 Å². The molecule has 0 saturated carbocycles. The largest absolute Gasteiger partial charge is 0.343 e. The summed E-state index contributed by atoms with van der Waals surface area (Å²) in [4.78, 5) is 30.7. The molecule has 2 aromatic heterocycles. The monoisotopic (exact) mass is 315 g/mol. The summed E-state index contributed by atoms with van der Waals surface area (Å²) in [5.74, 6) is -0.00671. The summed E-state index contributed by atoms with van der Waals surface area (Å²) in [6.45, 7) is 3.39. The third kappa shape index (κ3) is 2.33. The Labute approximate surface area is 132 Å². The van der Waals surface area contributed by atoms with E-state index in [0.29, 0.717) is 24.3 Å². The van der Waals surface area contributed by atoms with Gasteiger partial charge in [0, 0.05) is 46.0 Å². The first-order chi connectivity index (χ1) is 11.1. The number of nitrogens with zero attached hydrogens (tertiary/aromatic N) is 7. The summed E-state index contributed by atoms with van der Waals surface area (Å²) in [7, 11) is 1.81. The molecule has 0 bridgehead atoms. The van der Waals surface area contributed by atoms with E-state index in [1.165, 1.54) is 4.52 Å². The van der Waals surface area contributed by atoms with Crippen LogP contribution in [0.15, 0.2) is 18.3 Å². The summed E-state index contributed by atoms with van der Waals surface area (Å²) in [5.41, 5.74) is 1.12. The van der Waals surface area contributed by atoms with E-state index in [2.05, 4.69) is 20.4 Å². The summed E-state index contributed by atoms with van der Waals surface area (Å²) in [6, 6.07) is 3.20. The number of carbonyl (C=O) groups is 2. The van der Waals surface area contributed by atoms with Gasteiger partial charge in [0.15, 0.2) is 5.65 Å². The van der Waals surface area contributed by atoms with Gasteiger partial charge in [-0.3, -0.25) is 14.5 Å². The highest BCUT2D eigenvalue weighted by Crippen LogP contribution is 2.18. The first kappa shape index (κ1) is 14.1. The van der Waals surface area contributed by atoms with Crippen molar-refractivity contribution < 1.29 is 9.59 Å². The molecule has 2 aliphatic heterocycles. The van der Waals surface area contributed by atoms with E-state index in [-0.39, 0.29) is 17.9 Å². The van der Waals surface area contributed by atoms with Crippen LogP contribution in [-0.4, -0.2) is 92.4 Å². The van der Waals surface area contributed by atoms with Crippen molar-refractivity contribution in [3.05, 3.63) is 23.9 Å². The van der Waals surface area contributed by atoms with Crippen LogP contribution in [0.4, 0.5) is 0 Å². The van der Waals surface area contributed by atoms with Crippen molar-refractivity contribution in [1.29, 1.82) is 0 Å². The van der Waals surface area contributed by atoms with Crippen molar-refractivity contribution in [2.45, 2.75) is 6.04 Å². The van der Waals surface area contributed by atoms with Crippen molar-refractivity contribution in [1.82, 2.24) is 34.7 Å². The van der Waals surface area contributed by atoms with Crippen molar-refractivity contribution in [3.63, 3.8) is 0 Å². The topological polar surface area (TPSA) is 86.9 Å². The predicted octanol–water partition coefficient (Wildman–Crippen LogP) is -1.28. The molecule has 2 amide bonds. The third-order valence-corrected chi connectivity index (χ3v) is 4.60. The Morgan fingerprint density at radius 2 is 2.04 bits per heavy atom. The number of hydrogen-bond donors (Lipinski definition) is 0. The van der Waals surface area contributed by atoms with E-state index in [0.717, 1.165) is 19.6 Å². The standard InChI is InChI=1S/C14H17N7O2/c1-18-4-5-19-6-7-20(9-11(19)14(18)23)13(22)10-2-3-12-15-16-17-21(12)8-10/h2-3,8,11H,4-7,9H2,1H3/t11-/m1/s1. The number of likely N-dealkylation sites (N-methyl/N-ethyl adjacent to an activating group) is 1. The molecular weight excluding hydrogens is 298 g/mol. The van der Waals surface area contributed by atoms with Gasteiger partial charge >= 0.3 is 0 Å². The van der Waals surface area contributed by atoms with Crippen molar-refractivity contribution in [2.75, 3.05) is 39.8 Å². The SMILES string of the molecule is CN1CCN2CCN(C(=O)c3ccc4nnnn4c3)C[C@@H]2C1=O. The van der Waals surface area contributed by atoms with Gasteiger partial charge in [-0.25, -0.2) is 0 Å². The molecule has 2 saturated heterocycles. The Hall–Kier alpha value is -2.55. The number of amides is 2. The maximum absolute atomic E-state index is 12.7. The van der Waals surface area contributed by atoms with E-state index in [1.807, 2.05) is 7.05 Å². The molecule has 0 aliphatic carbocycles. The Kier molecular flexibility index (Phi) is 3.22. The first-order valence-corrected chi connectivity index (χ1v) is 7.59. The minimum atomic E-state index is -0.233. The molecule has 2 aromatic rings. The molecule has 4 rings (SSSR count). The fourth-order valence-corrected chi connectivity index (χ4v) is 3.20. The van der Waals surface area contributed by atoms with Gasteiger partial charge in [-0.2, -0.15) is 4.52 Å². The van der Waals surface area contributed by atoms with Crippen LogP contribution in [0.25, 0.3) is 5.65 Å². The van der Waals surface area contributed by atoms with Gasteiger partial charge in [-0.05, 0) is 22.6 Å². The zero-order valence-corrected chi connectivity index (χ0v) is 12.8. The smallest absolute Gasteiger partial charge is 0.255 e. The normalized spacial score (nSPS) is 22.5. The fraction of sp³-hybridized carbons (Fsp3) is 0.500. The van der Waals surface area contributed by atoms with E-state index >= 15 is 0 Å². The maximum atomic E-state index is 12.7. The van der Waals surface area contributed by atoms with Crippen LogP contribution in [0.2, 0.25) is 0 Å². The number of hydrogen-bond acceptors (Lipinski definition) is 6. The highest BCUT2D eigenvalue weighted by Gasteiger charge is 2.38. The Balaban J connectivity index is 1.55. The molecule has 2 aliphatic rings. The van der Waals surface area contributed by atoms with Crippen molar-refractivity contribution in [3.8, 4) is 0 Å². The highest BCUT2D eigenvalue weighted by atomic mass is 16.2. The van der Waals surface area contributed by atoms with Crippen molar-refractivity contribution in [2.24, 2.45) is 0 Å². The molecule has 0 N–H and O–H groups in total. The molecule has 9 nitrogen and oxygen atoms in total. The molecule has 0 unspecified atom stereocenters. The Morgan fingerprint density at radius 3 is 2.91 bits per heavy atom. The van der Waals surface area contributed by atoms with Crippen LogP contribution < -0.4 is 0 Å². The first-order valence-electron chi connectivity index (χ1n) is 7.59. The lowest BCUT2D eigenvalue weighted by Gasteiger charge is -2.45. The molecule has 0 aromatic carbocycles. The fourth-order valence-electron chi connectivity index (χ4n) is 3.20. The van der Waals surface area contributed by atoms with Gasteiger partial charge in [0.05, 0.1) is 5.56 Å². The van der Waals surface area contributed by atoms with Gasteiger partial charge in [0.1, 0.15) is 6.04 Å². The Bertz CT molecular complexity index is 773. The molecule has 0 radical (unpaired) electrons. The van der Waals surface area contributed by atoms with Crippen LogP contribution in [0.3, 0.4) is 0 Å². The number of carbonyl (C=O) groups excluding carboxylic acids is 2. The number of rotatable bonds is 1. The van der Waals surface area contributed by atoms with E-state index in [1.54, 1.807) is 28.1 Å². The quantitative estimate of drug-likeness (QED) is 0.652. The minimum absolute atomic E-state index is 0.0877. The molecule has 0 spiro atoms. The molecule has 9 heteroatoms. The molecular formula is C14H17N7O2. The average molecular weight is 315 g/mol. The van der Waals surface area contributed by atoms with Gasteiger partial charge in [-0.1, -0.05) is 0 Å². The zero-order chi connectivity index (χ0) is 16.0. The molecule has 120 valence electrons. The van der Waals surface area contributed by atoms with Gasteiger partial charge in [0.2, 0.25) is 5.91 Å². The zero-order valence-electron chi connectivity index (χ0n) is 12.8. The number of pyridine rings is 1. The number of tetrazole rings is 1. The lowest BCUT2D eigenvalue weighted by Crippen LogP contribution is -2.64. The summed E-state index contributed by atoms with van der Waals surface area (Å²) in [5, 5.41) is 11.2. The maximum Gasteiger partial charge on any atom is 0.255 e. The van der Waals surface area contributed by atoms with Gasteiger partial charge in [0.25, 0.3) is 5.91 Å². The van der Waals surface area contributed by atoms with E-state index in [4.69, 9.17) is 0 Å². The van der Waals surface area contributed by atoms with Crippen LogP contribution >= 0.6 is 0 Å². The van der Waals surface area contributed by atoms with Crippen LogP contribution in [0, 0.1) is 0 Å². The van der Waals surface area contributed by atoms with E-state index < -0.39 is 0 Å². The number of piperazine rings is 2.